The fraction of sp³-hybridized carbons (Fsp3) is 0.909. The molecule has 1 fully saturated rings. The van der Waals surface area contributed by atoms with Gasteiger partial charge in [-0.1, -0.05) is 27.2 Å². The van der Waals surface area contributed by atoms with Gasteiger partial charge in [0.1, 0.15) is 0 Å². The maximum absolute atomic E-state index is 11.3. The van der Waals surface area contributed by atoms with E-state index in [0.717, 1.165) is 18.8 Å². The van der Waals surface area contributed by atoms with E-state index in [1.807, 2.05) is 0 Å². The van der Waals surface area contributed by atoms with Gasteiger partial charge in [-0.15, -0.1) is 0 Å². The number of carbonyl (C=O) groups excluding carboxylic acids is 1. The average Bonchev–Trinajstić information content (AvgIpc) is 2.51. The van der Waals surface area contributed by atoms with Crippen molar-refractivity contribution < 1.29 is 9.53 Å². The number of carbonyl (C=O) groups is 1. The minimum Gasteiger partial charge on any atom is -0.465 e. The molecule has 0 aromatic carbocycles. The maximum Gasteiger partial charge on any atom is 0.309 e. The standard InChI is InChI=1S/C11H20O2/c1-4-8(2)7-9(3)10-5-6-13-11(10)12/h8-10H,4-7H2,1-3H3. The predicted octanol–water partition coefficient (Wildman–Crippen LogP) is 2.62. The van der Waals surface area contributed by atoms with Crippen LogP contribution in [0.1, 0.15) is 40.0 Å². The molecule has 0 aromatic rings. The lowest BCUT2D eigenvalue weighted by molar-refractivity contribution is -0.142. The molecule has 3 atom stereocenters. The Morgan fingerprint density at radius 2 is 2.23 bits per heavy atom. The summed E-state index contributed by atoms with van der Waals surface area (Å²) >= 11 is 0. The monoisotopic (exact) mass is 184 g/mol. The number of ether oxygens (including phenoxy) is 1. The van der Waals surface area contributed by atoms with Crippen molar-refractivity contribution in [1.29, 1.82) is 0 Å². The second-order valence-electron chi connectivity index (χ2n) is 4.29. The second-order valence-corrected chi connectivity index (χ2v) is 4.29. The molecule has 2 heteroatoms. The van der Waals surface area contributed by atoms with Gasteiger partial charge < -0.3 is 4.74 Å². The lowest BCUT2D eigenvalue weighted by Gasteiger charge is -2.18. The highest BCUT2D eigenvalue weighted by Crippen LogP contribution is 2.28. The molecule has 0 aliphatic carbocycles. The highest BCUT2D eigenvalue weighted by molar-refractivity contribution is 5.74. The van der Waals surface area contributed by atoms with Crippen molar-refractivity contribution in [3.8, 4) is 0 Å². The minimum absolute atomic E-state index is 0.0239. The van der Waals surface area contributed by atoms with Gasteiger partial charge in [-0.3, -0.25) is 4.79 Å². The van der Waals surface area contributed by atoms with Crippen molar-refractivity contribution in [3.63, 3.8) is 0 Å². The highest BCUT2D eigenvalue weighted by atomic mass is 16.5. The molecular formula is C11H20O2. The Kier molecular flexibility index (Phi) is 3.76. The van der Waals surface area contributed by atoms with Crippen LogP contribution in [-0.2, 0) is 9.53 Å². The molecule has 1 rings (SSSR count). The van der Waals surface area contributed by atoms with Crippen molar-refractivity contribution in [1.82, 2.24) is 0 Å². The Morgan fingerprint density at radius 3 is 2.69 bits per heavy atom. The van der Waals surface area contributed by atoms with Gasteiger partial charge in [0.15, 0.2) is 0 Å². The van der Waals surface area contributed by atoms with Gasteiger partial charge in [0.05, 0.1) is 12.5 Å². The molecule has 2 nitrogen and oxygen atoms in total. The van der Waals surface area contributed by atoms with E-state index in [1.54, 1.807) is 0 Å². The Hall–Kier alpha value is -0.530. The third kappa shape index (κ3) is 2.71. The fourth-order valence-electron chi connectivity index (χ4n) is 1.99. The van der Waals surface area contributed by atoms with Crippen LogP contribution in [0.2, 0.25) is 0 Å². The topological polar surface area (TPSA) is 26.3 Å². The van der Waals surface area contributed by atoms with Gasteiger partial charge >= 0.3 is 5.97 Å². The van der Waals surface area contributed by atoms with Crippen LogP contribution in [0.3, 0.4) is 0 Å². The first-order chi connectivity index (χ1) is 6.15. The van der Waals surface area contributed by atoms with Crippen LogP contribution in [0.5, 0.6) is 0 Å². The van der Waals surface area contributed by atoms with Crippen LogP contribution in [0.4, 0.5) is 0 Å². The van der Waals surface area contributed by atoms with Gasteiger partial charge in [0, 0.05) is 0 Å². The lowest BCUT2D eigenvalue weighted by Crippen LogP contribution is -2.18. The third-order valence-corrected chi connectivity index (χ3v) is 3.13. The summed E-state index contributed by atoms with van der Waals surface area (Å²) in [5.74, 6) is 1.41. The smallest absolute Gasteiger partial charge is 0.309 e. The zero-order valence-corrected chi connectivity index (χ0v) is 8.88. The quantitative estimate of drug-likeness (QED) is 0.628. The lowest BCUT2D eigenvalue weighted by atomic mass is 9.85. The molecule has 0 spiro atoms. The Bertz CT molecular complexity index is 177. The zero-order valence-electron chi connectivity index (χ0n) is 8.88. The number of rotatable bonds is 4. The van der Waals surface area contributed by atoms with Crippen molar-refractivity contribution in [3.05, 3.63) is 0 Å². The van der Waals surface area contributed by atoms with E-state index in [-0.39, 0.29) is 11.9 Å². The molecule has 1 aliphatic heterocycles. The molecule has 1 aliphatic rings. The SMILES string of the molecule is CCC(C)CC(C)C1CCOC1=O. The van der Waals surface area contributed by atoms with Crippen LogP contribution >= 0.6 is 0 Å². The van der Waals surface area contributed by atoms with Crippen LogP contribution in [0.15, 0.2) is 0 Å². The van der Waals surface area contributed by atoms with Gasteiger partial charge in [0.25, 0.3) is 0 Å². The summed E-state index contributed by atoms with van der Waals surface area (Å²) in [4.78, 5) is 11.3. The zero-order chi connectivity index (χ0) is 9.84. The van der Waals surface area contributed by atoms with Crippen molar-refractivity contribution in [2.24, 2.45) is 17.8 Å². The highest BCUT2D eigenvalue weighted by Gasteiger charge is 2.31. The van der Waals surface area contributed by atoms with E-state index in [9.17, 15) is 4.79 Å². The summed E-state index contributed by atoms with van der Waals surface area (Å²) in [6.45, 7) is 7.25. The van der Waals surface area contributed by atoms with Crippen LogP contribution in [0, 0.1) is 17.8 Å². The molecular weight excluding hydrogens is 164 g/mol. The van der Waals surface area contributed by atoms with E-state index < -0.39 is 0 Å². The molecule has 13 heavy (non-hydrogen) atoms. The van der Waals surface area contributed by atoms with E-state index >= 15 is 0 Å². The summed E-state index contributed by atoms with van der Waals surface area (Å²) in [6.07, 6.45) is 3.28. The number of cyclic esters (lactones) is 1. The summed E-state index contributed by atoms with van der Waals surface area (Å²) in [5.41, 5.74) is 0. The summed E-state index contributed by atoms with van der Waals surface area (Å²) < 4.78 is 4.96. The van der Waals surface area contributed by atoms with E-state index in [4.69, 9.17) is 4.74 Å². The molecule has 3 unspecified atom stereocenters. The van der Waals surface area contributed by atoms with Gasteiger partial charge in [-0.05, 0) is 24.7 Å². The average molecular weight is 184 g/mol. The molecule has 0 radical (unpaired) electrons. The normalized spacial score (nSPS) is 27.0. The van der Waals surface area contributed by atoms with E-state index in [0.29, 0.717) is 12.5 Å². The molecule has 76 valence electrons. The van der Waals surface area contributed by atoms with Crippen LogP contribution in [0.25, 0.3) is 0 Å². The third-order valence-electron chi connectivity index (χ3n) is 3.13. The first-order valence-electron chi connectivity index (χ1n) is 5.31. The molecule has 0 N–H and O–H groups in total. The molecule has 1 heterocycles. The molecule has 0 saturated carbocycles. The fourth-order valence-corrected chi connectivity index (χ4v) is 1.99. The predicted molar refractivity (Wildman–Crippen MR) is 52.3 cm³/mol. The molecule has 0 aromatic heterocycles. The number of hydrogen-bond donors (Lipinski definition) is 0. The first-order valence-corrected chi connectivity index (χ1v) is 5.31. The second kappa shape index (κ2) is 4.64. The Balaban J connectivity index is 2.38. The van der Waals surface area contributed by atoms with Crippen molar-refractivity contribution in [2.45, 2.75) is 40.0 Å². The molecule has 0 bridgehead atoms. The van der Waals surface area contributed by atoms with Crippen LogP contribution in [-0.4, -0.2) is 12.6 Å². The molecule has 1 saturated heterocycles. The van der Waals surface area contributed by atoms with Crippen LogP contribution < -0.4 is 0 Å². The Labute approximate surface area is 80.7 Å². The van der Waals surface area contributed by atoms with Gasteiger partial charge in [0.2, 0.25) is 0 Å². The maximum atomic E-state index is 11.3. The van der Waals surface area contributed by atoms with Gasteiger partial charge in [-0.25, -0.2) is 0 Å². The Morgan fingerprint density at radius 1 is 1.54 bits per heavy atom. The van der Waals surface area contributed by atoms with Gasteiger partial charge in [-0.2, -0.15) is 0 Å². The summed E-state index contributed by atoms with van der Waals surface area (Å²) in [5, 5.41) is 0. The largest absolute Gasteiger partial charge is 0.465 e. The van der Waals surface area contributed by atoms with Crippen molar-refractivity contribution >= 4 is 5.97 Å². The van der Waals surface area contributed by atoms with E-state index in [2.05, 4.69) is 20.8 Å². The first kappa shape index (κ1) is 10.6. The molecule has 0 amide bonds. The number of hydrogen-bond acceptors (Lipinski definition) is 2. The summed E-state index contributed by atoms with van der Waals surface area (Å²) in [6, 6.07) is 0. The number of esters is 1. The van der Waals surface area contributed by atoms with Crippen molar-refractivity contribution in [2.75, 3.05) is 6.61 Å². The van der Waals surface area contributed by atoms with E-state index in [1.165, 1.54) is 6.42 Å². The summed E-state index contributed by atoms with van der Waals surface area (Å²) in [7, 11) is 0. The minimum atomic E-state index is 0.0239.